The minimum Gasteiger partial charge on any atom is -0.381 e. The maximum absolute atomic E-state index is 13.4. The molecule has 164 valence electrons. The predicted molar refractivity (Wildman–Crippen MR) is 116 cm³/mol. The van der Waals surface area contributed by atoms with E-state index in [-0.39, 0.29) is 35.4 Å². The van der Waals surface area contributed by atoms with Crippen molar-refractivity contribution in [1.82, 2.24) is 10.2 Å². The maximum atomic E-state index is 13.4. The summed E-state index contributed by atoms with van der Waals surface area (Å²) in [5.41, 5.74) is 2.99. The Morgan fingerprint density at radius 3 is 2.48 bits per heavy atom. The van der Waals surface area contributed by atoms with Gasteiger partial charge in [-0.3, -0.25) is 9.59 Å². The van der Waals surface area contributed by atoms with Gasteiger partial charge in [-0.05, 0) is 43.0 Å². The highest BCUT2D eigenvalue weighted by Gasteiger charge is 2.38. The summed E-state index contributed by atoms with van der Waals surface area (Å²) in [4.78, 5) is 27.2. The minimum absolute atomic E-state index is 0.0139. The van der Waals surface area contributed by atoms with Gasteiger partial charge in [-0.2, -0.15) is 0 Å². The summed E-state index contributed by atoms with van der Waals surface area (Å²) in [6.45, 7) is 4.68. The molecule has 0 aliphatic carbocycles. The Morgan fingerprint density at radius 2 is 1.81 bits per heavy atom. The van der Waals surface area contributed by atoms with Gasteiger partial charge in [0.1, 0.15) is 5.82 Å². The Bertz CT molecular complexity index is 921. The smallest absolute Gasteiger partial charge is 0.225 e. The van der Waals surface area contributed by atoms with Crippen LogP contribution in [0.5, 0.6) is 0 Å². The van der Waals surface area contributed by atoms with Crippen LogP contribution in [0.3, 0.4) is 0 Å². The van der Waals surface area contributed by atoms with E-state index in [1.54, 1.807) is 17.0 Å². The van der Waals surface area contributed by atoms with Gasteiger partial charge < -0.3 is 15.0 Å². The molecule has 1 atom stereocenters. The standard InChI is InChI=1S/C25H29FN2O3/c1-18-2-4-19(5-3-18)15-28-16-20(14-23(28)29)24(30)27-17-25(10-12-31-13-11-25)21-6-8-22(26)9-7-21/h2-9,20H,10-17H2,1H3,(H,27,30). The molecule has 2 aromatic carbocycles. The molecule has 1 unspecified atom stereocenters. The number of benzene rings is 2. The summed E-state index contributed by atoms with van der Waals surface area (Å²) < 4.78 is 18.9. The van der Waals surface area contributed by atoms with Gasteiger partial charge in [0, 0.05) is 44.7 Å². The number of aryl methyl sites for hydroxylation is 1. The molecule has 0 aromatic heterocycles. The summed E-state index contributed by atoms with van der Waals surface area (Å²) in [7, 11) is 0. The van der Waals surface area contributed by atoms with Crippen molar-refractivity contribution in [2.75, 3.05) is 26.3 Å². The van der Waals surface area contributed by atoms with Crippen molar-refractivity contribution < 1.29 is 18.7 Å². The van der Waals surface area contributed by atoms with E-state index in [4.69, 9.17) is 4.74 Å². The SMILES string of the molecule is Cc1ccc(CN2CC(C(=O)NCC3(c4ccc(F)cc4)CCOCC3)CC2=O)cc1. The van der Waals surface area contributed by atoms with Gasteiger partial charge in [0.2, 0.25) is 11.8 Å². The van der Waals surface area contributed by atoms with Crippen molar-refractivity contribution in [3.63, 3.8) is 0 Å². The first-order valence-corrected chi connectivity index (χ1v) is 10.9. The molecule has 0 bridgehead atoms. The molecule has 2 heterocycles. The zero-order chi connectivity index (χ0) is 21.8. The molecule has 4 rings (SSSR count). The number of ether oxygens (including phenoxy) is 1. The summed E-state index contributed by atoms with van der Waals surface area (Å²) in [6, 6.07) is 14.6. The van der Waals surface area contributed by atoms with Crippen LogP contribution in [0, 0.1) is 18.7 Å². The average molecular weight is 425 g/mol. The number of likely N-dealkylation sites (tertiary alicyclic amines) is 1. The molecule has 5 nitrogen and oxygen atoms in total. The molecule has 0 spiro atoms. The number of nitrogens with zero attached hydrogens (tertiary/aromatic N) is 1. The molecule has 0 radical (unpaired) electrons. The quantitative estimate of drug-likeness (QED) is 0.774. The molecule has 6 heteroatoms. The van der Waals surface area contributed by atoms with E-state index in [0.29, 0.717) is 32.8 Å². The van der Waals surface area contributed by atoms with Crippen molar-refractivity contribution in [2.24, 2.45) is 5.92 Å². The van der Waals surface area contributed by atoms with E-state index in [0.717, 1.165) is 24.0 Å². The monoisotopic (exact) mass is 424 g/mol. The van der Waals surface area contributed by atoms with Gasteiger partial charge in [-0.25, -0.2) is 4.39 Å². The van der Waals surface area contributed by atoms with Crippen LogP contribution >= 0.6 is 0 Å². The Kier molecular flexibility index (Phi) is 6.37. The zero-order valence-electron chi connectivity index (χ0n) is 17.9. The Morgan fingerprint density at radius 1 is 1.13 bits per heavy atom. The fourth-order valence-electron chi connectivity index (χ4n) is 4.55. The van der Waals surface area contributed by atoms with Crippen LogP contribution in [-0.4, -0.2) is 43.0 Å². The minimum atomic E-state index is -0.344. The first-order chi connectivity index (χ1) is 14.9. The Hall–Kier alpha value is -2.73. The number of rotatable bonds is 6. The Balaban J connectivity index is 1.38. The van der Waals surface area contributed by atoms with Crippen LogP contribution in [0.25, 0.3) is 0 Å². The molecule has 0 saturated carbocycles. The summed E-state index contributed by atoms with van der Waals surface area (Å²) >= 11 is 0. The lowest BCUT2D eigenvalue weighted by Gasteiger charge is -2.38. The van der Waals surface area contributed by atoms with E-state index >= 15 is 0 Å². The number of hydrogen-bond donors (Lipinski definition) is 1. The van der Waals surface area contributed by atoms with Crippen LogP contribution in [-0.2, 0) is 26.3 Å². The average Bonchev–Trinajstić information content (AvgIpc) is 3.15. The van der Waals surface area contributed by atoms with Gasteiger partial charge in [0.25, 0.3) is 0 Å². The van der Waals surface area contributed by atoms with Gasteiger partial charge in [0.15, 0.2) is 0 Å². The van der Waals surface area contributed by atoms with Crippen LogP contribution < -0.4 is 5.32 Å². The third-order valence-electron chi connectivity index (χ3n) is 6.59. The summed E-state index contributed by atoms with van der Waals surface area (Å²) in [5.74, 6) is -0.691. The highest BCUT2D eigenvalue weighted by atomic mass is 19.1. The van der Waals surface area contributed by atoms with E-state index in [1.807, 2.05) is 31.2 Å². The lowest BCUT2D eigenvalue weighted by atomic mass is 9.74. The third-order valence-corrected chi connectivity index (χ3v) is 6.59. The summed E-state index contributed by atoms with van der Waals surface area (Å²) in [6.07, 6.45) is 1.77. The van der Waals surface area contributed by atoms with Crippen LogP contribution in [0.2, 0.25) is 0 Å². The number of halogens is 1. The van der Waals surface area contributed by atoms with E-state index in [2.05, 4.69) is 5.32 Å². The number of carbonyl (C=O) groups excluding carboxylic acids is 2. The van der Waals surface area contributed by atoms with Crippen molar-refractivity contribution in [3.05, 3.63) is 71.0 Å². The van der Waals surface area contributed by atoms with E-state index in [9.17, 15) is 14.0 Å². The predicted octanol–water partition coefficient (Wildman–Crippen LogP) is 3.35. The second-order valence-corrected chi connectivity index (χ2v) is 8.78. The molecular formula is C25H29FN2O3. The van der Waals surface area contributed by atoms with Gasteiger partial charge in [0.05, 0.1) is 5.92 Å². The van der Waals surface area contributed by atoms with Crippen molar-refractivity contribution >= 4 is 11.8 Å². The summed E-state index contributed by atoms with van der Waals surface area (Å²) in [5, 5.41) is 3.09. The van der Waals surface area contributed by atoms with Crippen LogP contribution in [0.4, 0.5) is 4.39 Å². The fraction of sp³-hybridized carbons (Fsp3) is 0.440. The molecule has 1 N–H and O–H groups in total. The van der Waals surface area contributed by atoms with E-state index in [1.165, 1.54) is 17.7 Å². The zero-order valence-corrected chi connectivity index (χ0v) is 17.9. The van der Waals surface area contributed by atoms with Gasteiger partial charge in [-0.15, -0.1) is 0 Å². The van der Waals surface area contributed by atoms with Crippen molar-refractivity contribution in [1.29, 1.82) is 0 Å². The third kappa shape index (κ3) is 4.96. The van der Waals surface area contributed by atoms with Crippen LogP contribution in [0.1, 0.15) is 36.0 Å². The Labute approximate surface area is 182 Å². The molecule has 2 saturated heterocycles. The lowest BCUT2D eigenvalue weighted by molar-refractivity contribution is -0.129. The number of carbonyl (C=O) groups is 2. The first kappa shape index (κ1) is 21.5. The first-order valence-electron chi connectivity index (χ1n) is 10.9. The lowest BCUT2D eigenvalue weighted by Crippen LogP contribution is -2.46. The highest BCUT2D eigenvalue weighted by Crippen LogP contribution is 2.34. The van der Waals surface area contributed by atoms with Gasteiger partial charge in [-0.1, -0.05) is 42.0 Å². The molecule has 2 aliphatic heterocycles. The number of hydrogen-bond acceptors (Lipinski definition) is 3. The van der Waals surface area contributed by atoms with Gasteiger partial charge >= 0.3 is 0 Å². The fourth-order valence-corrected chi connectivity index (χ4v) is 4.55. The topological polar surface area (TPSA) is 58.6 Å². The molecule has 2 fully saturated rings. The number of amides is 2. The molecular weight excluding hydrogens is 395 g/mol. The van der Waals surface area contributed by atoms with Crippen LogP contribution in [0.15, 0.2) is 48.5 Å². The molecule has 2 aliphatic rings. The van der Waals surface area contributed by atoms with E-state index < -0.39 is 0 Å². The second kappa shape index (κ2) is 9.18. The largest absolute Gasteiger partial charge is 0.381 e. The molecule has 31 heavy (non-hydrogen) atoms. The van der Waals surface area contributed by atoms with Crippen molar-refractivity contribution in [3.8, 4) is 0 Å². The highest BCUT2D eigenvalue weighted by molar-refractivity contribution is 5.89. The molecule has 2 aromatic rings. The van der Waals surface area contributed by atoms with Crippen molar-refractivity contribution in [2.45, 2.75) is 38.1 Å². The second-order valence-electron chi connectivity index (χ2n) is 8.78. The maximum Gasteiger partial charge on any atom is 0.225 e. The molecule has 2 amide bonds. The normalized spacial score (nSPS) is 20.6. The number of nitrogens with one attached hydrogen (secondary N) is 1.